The third-order valence-corrected chi connectivity index (χ3v) is 42.0. The van der Waals surface area contributed by atoms with Crippen LogP contribution in [0.2, 0.25) is 0 Å². The van der Waals surface area contributed by atoms with Crippen LogP contribution in [-0.4, -0.2) is 4.98 Å². The van der Waals surface area contributed by atoms with E-state index in [1.807, 2.05) is 12.3 Å². The van der Waals surface area contributed by atoms with Gasteiger partial charge in [-0.2, -0.15) is 39.5 Å². The van der Waals surface area contributed by atoms with Crippen molar-refractivity contribution in [2.24, 2.45) is 0 Å². The first-order valence-corrected chi connectivity index (χ1v) is 58.1. The van der Waals surface area contributed by atoms with E-state index >= 15 is 0 Å². The molecule has 0 atom stereocenters. The Morgan fingerprint density at radius 3 is 0.593 bits per heavy atom. The van der Waals surface area contributed by atoms with Crippen molar-refractivity contribution in [2.75, 3.05) is 0 Å². The highest BCUT2D eigenvalue weighted by Crippen LogP contribution is 2.53. The van der Waals surface area contributed by atoms with E-state index in [0.717, 1.165) is 64.8 Å². The Hall–Kier alpha value is -14.5. The van der Waals surface area contributed by atoms with Gasteiger partial charge in [-0.15, -0.1) is 0 Å². The monoisotopic (exact) mass is 2110 g/mol. The number of alkyl halides is 9. The van der Waals surface area contributed by atoms with Crippen LogP contribution in [0.15, 0.2) is 576 Å². The zero-order valence-electron chi connectivity index (χ0n) is 81.6. The van der Waals surface area contributed by atoms with Crippen LogP contribution in [0.1, 0.15) is 41.7 Å². The molecule has 1 aromatic heterocycles. The van der Waals surface area contributed by atoms with Crippen molar-refractivity contribution in [3.8, 4) is 23.0 Å². The first-order chi connectivity index (χ1) is 73.2. The van der Waals surface area contributed by atoms with Gasteiger partial charge in [-0.25, -0.2) is 0 Å². The SMILES string of the molecule is CC1(C)c2cccc(P(c3ccccc3)c3ccccc3)c2Oc2c(P(c3ccccc3)c3ccccc3)cccc21.FC(F)(F)c1ccc(P(c2ccc(C(F)(F)F)cc2)c2ccc(C(F)(F)F)cc2)cc1.c1ccc(P(c2ccccc2)c2ccccc2)cc1.c1ccc(P(c2ccccc2)c2ccccc2Oc2ccccc2P(c2ccccc2)c2ccccc2)cc1.c1ccc(P(c2ccccc2)c2ccccn2)cc1. The van der Waals surface area contributed by atoms with E-state index in [1.165, 1.54) is 138 Å². The number of benzene rings is 20. The zero-order chi connectivity index (χ0) is 104. The van der Waals surface area contributed by atoms with Crippen LogP contribution in [0.25, 0.3) is 0 Å². The summed E-state index contributed by atoms with van der Waals surface area (Å²) in [6.45, 7) is 4.70. The van der Waals surface area contributed by atoms with Gasteiger partial charge in [0.15, 0.2) is 0 Å². The summed E-state index contributed by atoms with van der Waals surface area (Å²) >= 11 is 0. The summed E-state index contributed by atoms with van der Waals surface area (Å²) in [5, 5.41) is 23.4. The van der Waals surface area contributed by atoms with Crippen molar-refractivity contribution >= 4 is 167 Å². The molecule has 0 saturated carbocycles. The quantitative estimate of drug-likeness (QED) is 0.0472. The Balaban J connectivity index is 0.000000126. The number of halogens is 9. The molecule has 20 aromatic carbocycles. The second-order valence-electron chi connectivity index (χ2n) is 35.1. The van der Waals surface area contributed by atoms with Crippen molar-refractivity contribution in [1.29, 1.82) is 0 Å². The third-order valence-electron chi connectivity index (χ3n) is 24.9. The number of pyridine rings is 1. The molecule has 19 heteroatoms. The molecule has 0 N–H and O–H groups in total. The molecule has 21 aromatic rings. The number of para-hydroxylation sites is 4. The van der Waals surface area contributed by atoms with Crippen molar-refractivity contribution < 1.29 is 49.0 Å². The fourth-order valence-electron chi connectivity index (χ4n) is 17.8. The van der Waals surface area contributed by atoms with E-state index in [1.54, 1.807) is 0 Å². The molecule has 0 radical (unpaired) electrons. The third kappa shape index (κ3) is 26.1. The summed E-state index contributed by atoms with van der Waals surface area (Å²) in [6.07, 6.45) is -11.9. The average molecular weight is 2110 g/mol. The Bertz CT molecular complexity index is 6950. The molecular weight excluding hydrogens is 2010 g/mol. The standard InChI is InChI=1S/C39H32OP2.C36H28OP2.C21H12F9P.C18H15P.C17H14NP/c1-39(2)33-25-15-27-35(41(29-17-7-3-8-18-29)30-19-9-4-10-20-30)37(33)40-38-34(39)26-16-28-36(38)42(31-21-11-5-12-22-31)32-23-13-6-14-24-32;1-5-17-29(18-6-1)38(30-19-7-2-8-20-30)35-27-15-13-25-33(35)37-34-26-14-16-28-36(34)39(31-21-9-3-10-22-31)32-23-11-4-12-24-32;22-19(23,24)13-1-7-16(8-2-13)31(17-9-3-14(4-10-17)20(25,26)27)18-11-5-15(6-12-18)21(28,29)30;1-4-10-16(11-5-1)19(17-12-6-2-7-13-17)18-14-8-3-9-15-18;1-3-9-15(10-4-1)19(16-11-5-2-6-12-16)17-13-7-8-14-18-17/h3-28H,1-2H3;1-28H;1-12H;1-15H;1-14H. The number of hydrogen-bond acceptors (Lipinski definition) is 3. The lowest BCUT2D eigenvalue weighted by Crippen LogP contribution is -2.32. The summed E-state index contributed by atoms with van der Waals surface area (Å²) in [6, 6.07) is 189. The molecule has 22 rings (SSSR count). The molecule has 0 bridgehead atoms. The van der Waals surface area contributed by atoms with E-state index in [0.29, 0.717) is 15.9 Å². The Labute approximate surface area is 879 Å². The molecule has 0 amide bonds. The number of fused-ring (bicyclic) bond motifs is 2. The van der Waals surface area contributed by atoms with Crippen molar-refractivity contribution in [2.45, 2.75) is 37.8 Å². The molecule has 740 valence electrons. The fraction of sp³-hybridized carbons (Fsp3) is 0.0458. The number of ether oxygens (including phenoxy) is 2. The topological polar surface area (TPSA) is 31.4 Å². The first kappa shape index (κ1) is 105. The van der Waals surface area contributed by atoms with Gasteiger partial charge in [0, 0.05) is 51.9 Å². The van der Waals surface area contributed by atoms with E-state index < -0.39 is 90.7 Å². The second-order valence-corrected chi connectivity index (χ2v) is 50.4. The highest BCUT2D eigenvalue weighted by Gasteiger charge is 2.41. The predicted octanol–water partition coefficient (Wildman–Crippen LogP) is 27.4. The van der Waals surface area contributed by atoms with Crippen LogP contribution >= 0.6 is 55.5 Å². The van der Waals surface area contributed by atoms with Gasteiger partial charge < -0.3 is 9.47 Å². The number of nitrogens with zero attached hydrogens (tertiary/aromatic N) is 1. The van der Waals surface area contributed by atoms with E-state index in [-0.39, 0.29) is 5.41 Å². The second kappa shape index (κ2) is 50.2. The molecule has 0 saturated heterocycles. The number of aromatic nitrogens is 1. The largest absolute Gasteiger partial charge is 0.456 e. The molecule has 1 aliphatic heterocycles. The lowest BCUT2D eigenvalue weighted by atomic mass is 9.76. The molecule has 3 nitrogen and oxygen atoms in total. The minimum Gasteiger partial charge on any atom is -0.456 e. The van der Waals surface area contributed by atoms with Crippen LogP contribution in [0, 0.1) is 0 Å². The fourth-order valence-corrected chi connectivity index (χ4v) is 34.1. The zero-order valence-corrected chi connectivity index (χ0v) is 87.9. The smallest absolute Gasteiger partial charge is 0.416 e. The Kier molecular flexibility index (Phi) is 35.3. The highest BCUT2D eigenvalue weighted by atomic mass is 31.1. The first-order valence-electron chi connectivity index (χ1n) is 48.7. The van der Waals surface area contributed by atoms with Crippen LogP contribution < -0.4 is 121 Å². The number of rotatable bonds is 23. The van der Waals surface area contributed by atoms with Crippen molar-refractivity contribution in [3.05, 3.63) is 604 Å². The van der Waals surface area contributed by atoms with E-state index in [4.69, 9.17) is 9.47 Å². The Morgan fingerprint density at radius 2 is 0.373 bits per heavy atom. The van der Waals surface area contributed by atoms with Gasteiger partial charge in [0.25, 0.3) is 0 Å². The van der Waals surface area contributed by atoms with Crippen LogP contribution in [-0.2, 0) is 23.9 Å². The van der Waals surface area contributed by atoms with Gasteiger partial charge >= 0.3 is 18.5 Å². The molecule has 0 fully saturated rings. The van der Waals surface area contributed by atoms with Crippen molar-refractivity contribution in [1.82, 2.24) is 4.98 Å². The summed E-state index contributed by atoms with van der Waals surface area (Å²) < 4.78 is 130. The van der Waals surface area contributed by atoms with Gasteiger partial charge in [0.2, 0.25) is 0 Å². The average Bonchev–Trinajstić information content (AvgIpc) is 0.720. The van der Waals surface area contributed by atoms with Gasteiger partial charge in [-0.3, -0.25) is 4.98 Å². The number of hydrogen-bond donors (Lipinski definition) is 0. The van der Waals surface area contributed by atoms with Crippen LogP contribution in [0.3, 0.4) is 0 Å². The maximum atomic E-state index is 12.9. The molecule has 1 aliphatic rings. The normalized spacial score (nSPS) is 12.0. The maximum absolute atomic E-state index is 12.9. The Morgan fingerprint density at radius 1 is 0.187 bits per heavy atom. The lowest BCUT2D eigenvalue weighted by molar-refractivity contribution is -0.138. The molecule has 2 heterocycles. The maximum Gasteiger partial charge on any atom is 0.416 e. The molecule has 150 heavy (non-hydrogen) atoms. The highest BCUT2D eigenvalue weighted by molar-refractivity contribution is 7.82. The van der Waals surface area contributed by atoms with E-state index in [9.17, 15) is 39.5 Å². The predicted molar refractivity (Wildman–Crippen MR) is 621 cm³/mol. The van der Waals surface area contributed by atoms with Gasteiger partial charge in [-0.1, -0.05) is 523 Å². The summed E-state index contributed by atoms with van der Waals surface area (Å²) in [7, 11) is -5.93. The van der Waals surface area contributed by atoms with Crippen LogP contribution in [0.4, 0.5) is 39.5 Å². The summed E-state index contributed by atoms with van der Waals surface area (Å²) in [5.74, 6) is 3.83. The molecule has 0 spiro atoms. The summed E-state index contributed by atoms with van der Waals surface area (Å²) in [5.41, 5.74) is 0.677. The minimum absolute atomic E-state index is 0.225. The molecular formula is C131H101F9NO2P7. The van der Waals surface area contributed by atoms with Gasteiger partial charge in [-0.05, 0) is 193 Å². The van der Waals surface area contributed by atoms with E-state index in [2.05, 4.69) is 510 Å². The van der Waals surface area contributed by atoms with Gasteiger partial charge in [0.1, 0.15) is 23.0 Å². The van der Waals surface area contributed by atoms with Crippen LogP contribution in [0.5, 0.6) is 23.0 Å². The van der Waals surface area contributed by atoms with Crippen molar-refractivity contribution in [3.63, 3.8) is 0 Å². The molecule has 0 unspecified atom stereocenters. The molecule has 0 aliphatic carbocycles. The van der Waals surface area contributed by atoms with Gasteiger partial charge in [0.05, 0.1) is 22.1 Å². The lowest BCUT2D eigenvalue weighted by Gasteiger charge is -2.38. The summed E-state index contributed by atoms with van der Waals surface area (Å²) in [4.78, 5) is 4.56. The minimum atomic E-state index is -4.58.